The van der Waals surface area contributed by atoms with Gasteiger partial charge in [0.15, 0.2) is 12.3 Å². The molecule has 0 radical (unpaired) electrons. The summed E-state index contributed by atoms with van der Waals surface area (Å²) in [5.41, 5.74) is 0.00542. The van der Waals surface area contributed by atoms with E-state index >= 15 is 0 Å². The van der Waals surface area contributed by atoms with E-state index in [9.17, 15) is 14.4 Å². The van der Waals surface area contributed by atoms with Gasteiger partial charge in [0.1, 0.15) is 11.5 Å². The Balaban J connectivity index is 1.39. The fourth-order valence-corrected chi connectivity index (χ4v) is 2.93. The highest BCUT2D eigenvalue weighted by Crippen LogP contribution is 2.23. The molecule has 8 heteroatoms. The monoisotopic (exact) mass is 415 g/mol. The summed E-state index contributed by atoms with van der Waals surface area (Å²) >= 11 is 0. The second kappa shape index (κ2) is 8.91. The number of hydrogen-bond donors (Lipinski definition) is 2. The zero-order valence-electron chi connectivity index (χ0n) is 16.2. The first kappa shape index (κ1) is 19.8. The number of para-hydroxylation sites is 1. The van der Waals surface area contributed by atoms with E-state index in [0.29, 0.717) is 28.0 Å². The molecule has 4 aromatic rings. The topological polar surface area (TPSA) is 110 Å². The van der Waals surface area contributed by atoms with Gasteiger partial charge in [-0.2, -0.15) is 5.10 Å². The number of ether oxygens (including phenoxy) is 2. The number of fused-ring (bicyclic) bond motifs is 1. The zero-order chi connectivity index (χ0) is 21.6. The zero-order valence-corrected chi connectivity index (χ0v) is 16.2. The highest BCUT2D eigenvalue weighted by Gasteiger charge is 2.17. The summed E-state index contributed by atoms with van der Waals surface area (Å²) in [5.74, 6) is -0.131. The Hall–Kier alpha value is -4.46. The second-order valence-corrected chi connectivity index (χ2v) is 6.51. The van der Waals surface area contributed by atoms with E-state index in [1.807, 2.05) is 30.3 Å². The molecule has 154 valence electrons. The lowest BCUT2D eigenvalue weighted by molar-refractivity contribution is -0.119. The van der Waals surface area contributed by atoms with Crippen molar-refractivity contribution in [1.82, 2.24) is 10.2 Å². The summed E-state index contributed by atoms with van der Waals surface area (Å²) in [7, 11) is 0. The van der Waals surface area contributed by atoms with E-state index in [1.54, 1.807) is 48.5 Å². The molecule has 3 aromatic carbocycles. The van der Waals surface area contributed by atoms with Gasteiger partial charge in [0, 0.05) is 17.1 Å². The average Bonchev–Trinajstić information content (AvgIpc) is 2.79. The van der Waals surface area contributed by atoms with Gasteiger partial charge in [-0.05, 0) is 30.3 Å². The maximum atomic E-state index is 12.4. The Morgan fingerprint density at radius 1 is 0.871 bits per heavy atom. The molecule has 31 heavy (non-hydrogen) atoms. The number of amides is 1. The van der Waals surface area contributed by atoms with E-state index in [4.69, 9.17) is 9.47 Å². The Labute approximate surface area is 176 Å². The molecular weight excluding hydrogens is 398 g/mol. The molecule has 0 saturated carbocycles. The quantitative estimate of drug-likeness (QED) is 0.466. The Bertz CT molecular complexity index is 1300. The van der Waals surface area contributed by atoms with Crippen molar-refractivity contribution >= 4 is 28.3 Å². The number of H-pyrrole nitrogens is 1. The minimum Gasteiger partial charge on any atom is -0.457 e. The number of hydrogen-bond acceptors (Lipinski definition) is 6. The summed E-state index contributed by atoms with van der Waals surface area (Å²) in [6.07, 6.45) is 0. The van der Waals surface area contributed by atoms with Crippen molar-refractivity contribution in [1.29, 1.82) is 0 Å². The maximum Gasteiger partial charge on any atom is 0.359 e. The summed E-state index contributed by atoms with van der Waals surface area (Å²) in [5, 5.41) is 9.32. The lowest BCUT2D eigenvalue weighted by Gasteiger charge is -2.09. The lowest BCUT2D eigenvalue weighted by atomic mass is 10.1. The molecule has 0 aliphatic heterocycles. The first-order valence-electron chi connectivity index (χ1n) is 9.37. The number of nitrogens with one attached hydrogen (secondary N) is 2. The van der Waals surface area contributed by atoms with E-state index in [-0.39, 0.29) is 5.69 Å². The summed E-state index contributed by atoms with van der Waals surface area (Å²) < 4.78 is 10.8. The number of benzene rings is 3. The summed E-state index contributed by atoms with van der Waals surface area (Å²) in [6.45, 7) is -0.516. The van der Waals surface area contributed by atoms with Crippen molar-refractivity contribution in [3.8, 4) is 11.5 Å². The van der Waals surface area contributed by atoms with Gasteiger partial charge in [-0.3, -0.25) is 9.59 Å². The fourth-order valence-electron chi connectivity index (χ4n) is 2.93. The third-order valence-corrected chi connectivity index (χ3v) is 4.32. The van der Waals surface area contributed by atoms with Crippen LogP contribution in [0.1, 0.15) is 10.5 Å². The van der Waals surface area contributed by atoms with Gasteiger partial charge >= 0.3 is 5.97 Å². The highest BCUT2D eigenvalue weighted by atomic mass is 16.5. The highest BCUT2D eigenvalue weighted by molar-refractivity contribution is 6.03. The number of nitrogens with zero attached hydrogens (tertiary/aromatic N) is 1. The van der Waals surface area contributed by atoms with Crippen LogP contribution in [0.15, 0.2) is 83.7 Å². The molecule has 0 unspecified atom stereocenters. The third-order valence-electron chi connectivity index (χ3n) is 4.32. The van der Waals surface area contributed by atoms with Crippen LogP contribution in [0.5, 0.6) is 11.5 Å². The van der Waals surface area contributed by atoms with Gasteiger partial charge < -0.3 is 14.8 Å². The molecule has 0 bridgehead atoms. The largest absolute Gasteiger partial charge is 0.457 e. The predicted molar refractivity (Wildman–Crippen MR) is 114 cm³/mol. The predicted octanol–water partition coefficient (Wildman–Crippen LogP) is 3.51. The fraction of sp³-hybridized carbons (Fsp3) is 0.0435. The number of carbonyl (C=O) groups is 2. The molecule has 0 aliphatic carbocycles. The molecular formula is C23H17N3O5. The number of anilines is 1. The van der Waals surface area contributed by atoms with Crippen LogP contribution in [0.4, 0.5) is 5.69 Å². The first-order chi connectivity index (χ1) is 15.1. The number of esters is 1. The number of aromatic nitrogens is 2. The van der Waals surface area contributed by atoms with E-state index in [1.165, 1.54) is 0 Å². The van der Waals surface area contributed by atoms with Crippen LogP contribution < -0.4 is 15.6 Å². The van der Waals surface area contributed by atoms with E-state index in [0.717, 1.165) is 0 Å². The first-order valence-corrected chi connectivity index (χ1v) is 9.37. The molecule has 0 aliphatic rings. The van der Waals surface area contributed by atoms with E-state index in [2.05, 4.69) is 15.5 Å². The molecule has 0 atom stereocenters. The number of rotatable bonds is 6. The number of aromatic amines is 1. The normalized spacial score (nSPS) is 10.5. The molecule has 1 aromatic heterocycles. The van der Waals surface area contributed by atoms with Crippen molar-refractivity contribution in [3.05, 3.63) is 94.9 Å². The second-order valence-electron chi connectivity index (χ2n) is 6.51. The van der Waals surface area contributed by atoms with Gasteiger partial charge in [-0.1, -0.05) is 42.5 Å². The van der Waals surface area contributed by atoms with Crippen LogP contribution >= 0.6 is 0 Å². The lowest BCUT2D eigenvalue weighted by Crippen LogP contribution is -2.22. The van der Waals surface area contributed by atoms with Crippen LogP contribution in [0, 0.1) is 0 Å². The standard InChI is InChI=1S/C23H17N3O5/c27-20(24-15-7-6-10-17(13-15)31-16-8-2-1-3-9-16)14-30-23(29)21-18-11-4-5-12-19(18)22(28)26-25-21/h1-13H,14H2,(H,24,27)(H,26,28). The third kappa shape index (κ3) is 4.76. The van der Waals surface area contributed by atoms with Crippen LogP contribution in [0.2, 0.25) is 0 Å². The van der Waals surface area contributed by atoms with Crippen molar-refractivity contribution in [2.45, 2.75) is 0 Å². The Morgan fingerprint density at radius 3 is 2.39 bits per heavy atom. The van der Waals surface area contributed by atoms with Crippen LogP contribution in [-0.4, -0.2) is 28.7 Å². The van der Waals surface area contributed by atoms with Crippen molar-refractivity contribution < 1.29 is 19.1 Å². The molecule has 0 saturated heterocycles. The minimum absolute atomic E-state index is 0.0683. The minimum atomic E-state index is -0.816. The van der Waals surface area contributed by atoms with Crippen molar-refractivity contribution in [2.24, 2.45) is 0 Å². The van der Waals surface area contributed by atoms with Crippen molar-refractivity contribution in [3.63, 3.8) is 0 Å². The summed E-state index contributed by atoms with van der Waals surface area (Å²) in [6, 6.07) is 22.6. The molecule has 4 rings (SSSR count). The van der Waals surface area contributed by atoms with Gasteiger partial charge in [-0.25, -0.2) is 9.89 Å². The van der Waals surface area contributed by atoms with Gasteiger partial charge in [0.05, 0.1) is 5.39 Å². The van der Waals surface area contributed by atoms with Crippen LogP contribution in [0.25, 0.3) is 10.8 Å². The van der Waals surface area contributed by atoms with Gasteiger partial charge in [0.2, 0.25) is 0 Å². The maximum absolute atomic E-state index is 12.4. The smallest absolute Gasteiger partial charge is 0.359 e. The molecule has 1 heterocycles. The molecule has 1 amide bonds. The summed E-state index contributed by atoms with van der Waals surface area (Å²) in [4.78, 5) is 36.4. The van der Waals surface area contributed by atoms with Gasteiger partial charge in [0.25, 0.3) is 11.5 Å². The molecule has 0 spiro atoms. The van der Waals surface area contributed by atoms with E-state index < -0.39 is 24.0 Å². The Morgan fingerprint density at radius 2 is 1.58 bits per heavy atom. The molecule has 2 N–H and O–H groups in total. The molecule has 0 fully saturated rings. The van der Waals surface area contributed by atoms with Crippen LogP contribution in [-0.2, 0) is 9.53 Å². The number of carbonyl (C=O) groups excluding carboxylic acids is 2. The molecule has 8 nitrogen and oxygen atoms in total. The van der Waals surface area contributed by atoms with Gasteiger partial charge in [-0.15, -0.1) is 0 Å². The average molecular weight is 415 g/mol. The van der Waals surface area contributed by atoms with Crippen molar-refractivity contribution in [2.75, 3.05) is 11.9 Å². The Kier molecular flexibility index (Phi) is 5.70. The van der Waals surface area contributed by atoms with Crippen LogP contribution in [0.3, 0.4) is 0 Å². The SMILES string of the molecule is O=C(COC(=O)c1n[nH]c(=O)c2ccccc12)Nc1cccc(Oc2ccccc2)c1.